The molecule has 2 aromatic carbocycles. The summed E-state index contributed by atoms with van der Waals surface area (Å²) < 4.78 is 0.358. The Kier molecular flexibility index (Phi) is 5.52. The van der Waals surface area contributed by atoms with Crippen LogP contribution in [0.3, 0.4) is 0 Å². The molecule has 0 bridgehead atoms. The quantitative estimate of drug-likeness (QED) is 0.346. The van der Waals surface area contributed by atoms with Crippen LogP contribution in [0.2, 0.25) is 0 Å². The van der Waals surface area contributed by atoms with E-state index in [-0.39, 0.29) is 0 Å². The van der Waals surface area contributed by atoms with E-state index < -0.39 is 9.29 Å². The van der Waals surface area contributed by atoms with E-state index in [1.807, 2.05) is 64.6 Å². The summed E-state index contributed by atoms with van der Waals surface area (Å²) in [6, 6.07) is 19.8. The largest absolute Gasteiger partial charge is 0.350 e. The van der Waals surface area contributed by atoms with Crippen molar-refractivity contribution in [3.8, 4) is 17.1 Å². The molecular weight excluding hydrogens is 408 g/mol. The molecule has 3 rings (SSSR count). The molecule has 1 atom stereocenters. The number of rotatable bonds is 4. The van der Waals surface area contributed by atoms with Gasteiger partial charge < -0.3 is 5.32 Å². The summed E-state index contributed by atoms with van der Waals surface area (Å²) in [5.74, 6) is 0.780. The molecule has 3 nitrogen and oxygen atoms in total. The van der Waals surface area contributed by atoms with Crippen LogP contribution in [0.5, 0.6) is 0 Å². The maximum atomic E-state index is 6.10. The van der Waals surface area contributed by atoms with Gasteiger partial charge in [-0.2, -0.15) is 0 Å². The van der Waals surface area contributed by atoms with Gasteiger partial charge in [0.1, 0.15) is 17.2 Å². The third-order valence-electron chi connectivity index (χ3n) is 3.14. The van der Waals surface area contributed by atoms with Crippen molar-refractivity contribution < 1.29 is 3.96 Å². The fourth-order valence-electron chi connectivity index (χ4n) is 2.05. The molecule has 1 unspecified atom stereocenters. The van der Waals surface area contributed by atoms with E-state index in [2.05, 4.69) is 10.3 Å². The number of benzene rings is 2. The van der Waals surface area contributed by atoms with Crippen molar-refractivity contribution >= 4 is 63.1 Å². The van der Waals surface area contributed by atoms with Gasteiger partial charge >= 0.3 is 11.0 Å². The molecule has 24 heavy (non-hydrogen) atoms. The highest BCUT2D eigenvalue weighted by molar-refractivity contribution is 7.06. The number of hydrogen-bond donors (Lipinski definition) is 1. The predicted octanol–water partition coefficient (Wildman–Crippen LogP) is 5.43. The fraction of sp³-hybridized carbons (Fsp3) is 0.125. The van der Waals surface area contributed by atoms with Crippen molar-refractivity contribution in [3.63, 3.8) is 0 Å². The molecule has 1 aromatic heterocycles. The van der Waals surface area contributed by atoms with Crippen molar-refractivity contribution in [3.05, 3.63) is 60.7 Å². The maximum Gasteiger partial charge on any atom is 0.350 e. The van der Waals surface area contributed by atoms with E-state index in [0.29, 0.717) is 5.13 Å². The number of nitrogens with one attached hydrogen (secondary N) is 1. The van der Waals surface area contributed by atoms with Crippen LogP contribution in [0.4, 0.5) is 5.13 Å². The zero-order valence-corrected chi connectivity index (χ0v) is 16.0. The summed E-state index contributed by atoms with van der Waals surface area (Å²) in [4.78, 5) is 4.62. The van der Waals surface area contributed by atoms with Crippen molar-refractivity contribution in [1.29, 1.82) is 0 Å². The highest BCUT2D eigenvalue weighted by Gasteiger charge is 2.34. The number of para-hydroxylation sites is 1. The van der Waals surface area contributed by atoms with Gasteiger partial charge in [-0.05, 0) is 29.2 Å². The van der Waals surface area contributed by atoms with Gasteiger partial charge in [-0.1, -0.05) is 82.8 Å². The Morgan fingerprint density at radius 2 is 1.54 bits per heavy atom. The van der Waals surface area contributed by atoms with E-state index in [4.69, 9.17) is 46.4 Å². The van der Waals surface area contributed by atoms with Gasteiger partial charge in [0.25, 0.3) is 0 Å². The van der Waals surface area contributed by atoms with Crippen LogP contribution in [0.1, 0.15) is 0 Å². The lowest BCUT2D eigenvalue weighted by Crippen LogP contribution is -2.28. The SMILES string of the molecule is ClC(Nc1nc(-c2ccccc2)[n+](-c2ccccc2)s1)C(Cl)(Cl)Cl. The van der Waals surface area contributed by atoms with Gasteiger partial charge in [0.2, 0.25) is 3.79 Å². The van der Waals surface area contributed by atoms with E-state index in [1.54, 1.807) is 0 Å². The lowest BCUT2D eigenvalue weighted by Gasteiger charge is -2.16. The minimum Gasteiger partial charge on any atom is -0.317 e. The minimum atomic E-state index is -1.64. The Bertz CT molecular complexity index is 746. The predicted molar refractivity (Wildman–Crippen MR) is 103 cm³/mol. The van der Waals surface area contributed by atoms with Crippen LogP contribution in [-0.4, -0.2) is 14.3 Å². The second kappa shape index (κ2) is 7.46. The van der Waals surface area contributed by atoms with E-state index in [9.17, 15) is 0 Å². The van der Waals surface area contributed by atoms with Crippen molar-refractivity contribution in [2.24, 2.45) is 0 Å². The summed E-state index contributed by atoms with van der Waals surface area (Å²) in [7, 11) is 0. The first-order valence-corrected chi connectivity index (χ1v) is 9.31. The molecule has 124 valence electrons. The first-order valence-electron chi connectivity index (χ1n) is 6.97. The number of aromatic nitrogens is 2. The van der Waals surface area contributed by atoms with E-state index in [0.717, 1.165) is 17.1 Å². The third-order valence-corrected chi connectivity index (χ3v) is 5.51. The average molecular weight is 420 g/mol. The molecule has 0 spiro atoms. The van der Waals surface area contributed by atoms with Crippen molar-refractivity contribution in [1.82, 2.24) is 4.98 Å². The molecule has 0 radical (unpaired) electrons. The number of alkyl halides is 4. The average Bonchev–Trinajstić information content (AvgIpc) is 2.99. The molecule has 0 aliphatic rings. The van der Waals surface area contributed by atoms with Crippen LogP contribution in [0.25, 0.3) is 17.1 Å². The summed E-state index contributed by atoms with van der Waals surface area (Å²) in [6.45, 7) is 0. The Morgan fingerprint density at radius 1 is 0.958 bits per heavy atom. The van der Waals surface area contributed by atoms with Gasteiger partial charge in [0, 0.05) is 0 Å². The molecular formula is C16H12Cl4N3S+. The summed E-state index contributed by atoms with van der Waals surface area (Å²) >= 11 is 24.9. The number of hydrogen-bond acceptors (Lipinski definition) is 3. The Labute approximate surface area is 163 Å². The first kappa shape index (κ1) is 17.8. The monoisotopic (exact) mass is 418 g/mol. The van der Waals surface area contributed by atoms with Gasteiger partial charge in [-0.25, -0.2) is 0 Å². The summed E-state index contributed by atoms with van der Waals surface area (Å²) in [6.07, 6.45) is 0. The molecule has 0 aliphatic heterocycles. The van der Waals surface area contributed by atoms with E-state index in [1.165, 1.54) is 11.5 Å². The van der Waals surface area contributed by atoms with Crippen LogP contribution >= 0.6 is 57.9 Å². The zero-order valence-electron chi connectivity index (χ0n) is 12.2. The van der Waals surface area contributed by atoms with Gasteiger partial charge in [0.15, 0.2) is 5.50 Å². The molecule has 8 heteroatoms. The first-order chi connectivity index (χ1) is 11.4. The number of anilines is 1. The lowest BCUT2D eigenvalue weighted by molar-refractivity contribution is -0.509. The molecule has 0 amide bonds. The standard InChI is InChI=1S/C16H11Cl4N3S/c17-14(16(18,19)20)22-15-21-13(11-7-3-1-4-8-11)23(24-15)12-9-5-2-6-10-12/h1-10,14H/p+1. The summed E-state index contributed by atoms with van der Waals surface area (Å²) in [5.41, 5.74) is 1.06. The topological polar surface area (TPSA) is 28.8 Å². The number of nitrogens with zero attached hydrogens (tertiary/aromatic N) is 2. The maximum absolute atomic E-state index is 6.10. The molecule has 0 aliphatic carbocycles. The molecule has 3 aromatic rings. The molecule has 0 saturated heterocycles. The molecule has 1 heterocycles. The third kappa shape index (κ3) is 4.13. The number of halogens is 4. The smallest absolute Gasteiger partial charge is 0.317 e. The lowest BCUT2D eigenvalue weighted by atomic mass is 10.2. The van der Waals surface area contributed by atoms with Crippen LogP contribution in [0, 0.1) is 0 Å². The Balaban J connectivity index is 2.03. The van der Waals surface area contributed by atoms with Crippen LogP contribution in [-0.2, 0) is 0 Å². The van der Waals surface area contributed by atoms with Gasteiger partial charge in [0.05, 0.1) is 5.56 Å². The van der Waals surface area contributed by atoms with Crippen LogP contribution < -0.4 is 9.27 Å². The Hall–Kier alpha value is -1.04. The molecule has 1 N–H and O–H groups in total. The fourth-order valence-corrected chi connectivity index (χ4v) is 3.31. The molecule has 0 fully saturated rings. The van der Waals surface area contributed by atoms with Gasteiger partial charge in [-0.15, -0.1) is 3.96 Å². The minimum absolute atomic E-state index is 0.559. The second-order valence-electron chi connectivity index (χ2n) is 4.88. The Morgan fingerprint density at radius 3 is 2.12 bits per heavy atom. The zero-order chi connectivity index (χ0) is 17.2. The highest BCUT2D eigenvalue weighted by atomic mass is 35.6. The van der Waals surface area contributed by atoms with Crippen molar-refractivity contribution in [2.75, 3.05) is 5.32 Å². The van der Waals surface area contributed by atoms with Crippen LogP contribution in [0.15, 0.2) is 60.7 Å². The molecule has 0 saturated carbocycles. The summed E-state index contributed by atoms with van der Waals surface area (Å²) in [5, 5.41) is 3.50. The van der Waals surface area contributed by atoms with Gasteiger partial charge in [-0.3, -0.25) is 0 Å². The van der Waals surface area contributed by atoms with E-state index >= 15 is 0 Å². The second-order valence-corrected chi connectivity index (χ2v) is 8.62. The normalized spacial score (nSPS) is 12.8. The highest BCUT2D eigenvalue weighted by Crippen LogP contribution is 2.35. The van der Waals surface area contributed by atoms with Crippen molar-refractivity contribution in [2.45, 2.75) is 9.29 Å².